The molecule has 0 aliphatic rings. The number of nitrogens with one attached hydrogen (secondary N) is 2. The van der Waals surface area contributed by atoms with Crippen molar-refractivity contribution in [3.8, 4) is 0 Å². The van der Waals surface area contributed by atoms with Gasteiger partial charge in [0.25, 0.3) is 0 Å². The van der Waals surface area contributed by atoms with Crippen molar-refractivity contribution in [2.24, 2.45) is 5.73 Å². The lowest BCUT2D eigenvalue weighted by Crippen LogP contribution is -2.27. The predicted molar refractivity (Wildman–Crippen MR) is 76.4 cm³/mol. The number of benzene rings is 1. The fourth-order valence-corrected chi connectivity index (χ4v) is 3.46. The van der Waals surface area contributed by atoms with Gasteiger partial charge in [-0.05, 0) is 31.0 Å². The van der Waals surface area contributed by atoms with Gasteiger partial charge >= 0.3 is 0 Å². The first-order valence-electron chi connectivity index (χ1n) is 6.24. The Kier molecular flexibility index (Phi) is 4.22. The summed E-state index contributed by atoms with van der Waals surface area (Å²) < 4.78 is 27.4. The van der Waals surface area contributed by atoms with Crippen LogP contribution >= 0.6 is 0 Å². The number of H-pyrrole nitrogens is 1. The van der Waals surface area contributed by atoms with Gasteiger partial charge in [0.1, 0.15) is 0 Å². The van der Waals surface area contributed by atoms with Crippen LogP contribution in [0, 0.1) is 6.92 Å². The van der Waals surface area contributed by atoms with E-state index in [-0.39, 0.29) is 10.9 Å². The van der Waals surface area contributed by atoms with Crippen LogP contribution in [0.3, 0.4) is 0 Å². The number of aryl methyl sites for hydroxylation is 1. The highest BCUT2D eigenvalue weighted by molar-refractivity contribution is 7.89. The van der Waals surface area contributed by atoms with Gasteiger partial charge < -0.3 is 5.73 Å². The van der Waals surface area contributed by atoms with Crippen molar-refractivity contribution in [3.63, 3.8) is 0 Å². The van der Waals surface area contributed by atoms with Crippen molar-refractivity contribution in [2.75, 3.05) is 0 Å². The van der Waals surface area contributed by atoms with Crippen LogP contribution in [-0.2, 0) is 16.6 Å². The van der Waals surface area contributed by atoms with Gasteiger partial charge in [0.05, 0.1) is 11.1 Å². The van der Waals surface area contributed by atoms with E-state index >= 15 is 0 Å². The van der Waals surface area contributed by atoms with Crippen molar-refractivity contribution < 1.29 is 8.42 Å². The molecule has 1 aromatic heterocycles. The summed E-state index contributed by atoms with van der Waals surface area (Å²) in [6.07, 6.45) is 3.26. The van der Waals surface area contributed by atoms with Crippen LogP contribution < -0.4 is 10.5 Å². The number of aromatic amines is 1. The Bertz CT molecular complexity index is 680. The maximum Gasteiger partial charge on any atom is 0.241 e. The molecule has 7 heteroatoms. The van der Waals surface area contributed by atoms with Crippen molar-refractivity contribution in [3.05, 3.63) is 47.3 Å². The lowest BCUT2D eigenvalue weighted by Gasteiger charge is -2.14. The molecule has 108 valence electrons. The number of nitrogens with zero attached hydrogens (tertiary/aromatic N) is 1. The molecule has 1 aromatic carbocycles. The van der Waals surface area contributed by atoms with E-state index in [2.05, 4.69) is 14.9 Å². The fourth-order valence-electron chi connectivity index (χ4n) is 2.00. The molecule has 0 bridgehead atoms. The maximum absolute atomic E-state index is 12.4. The quantitative estimate of drug-likeness (QED) is 0.771. The van der Waals surface area contributed by atoms with E-state index < -0.39 is 10.0 Å². The maximum atomic E-state index is 12.4. The van der Waals surface area contributed by atoms with Crippen LogP contribution in [0.4, 0.5) is 0 Å². The van der Waals surface area contributed by atoms with Gasteiger partial charge in [-0.1, -0.05) is 12.1 Å². The number of sulfonamides is 1. The highest BCUT2D eigenvalue weighted by Crippen LogP contribution is 2.20. The van der Waals surface area contributed by atoms with E-state index in [9.17, 15) is 8.42 Å². The first kappa shape index (κ1) is 14.7. The third-order valence-corrected chi connectivity index (χ3v) is 4.82. The number of rotatable bonds is 5. The minimum atomic E-state index is -3.57. The average molecular weight is 294 g/mol. The number of aromatic nitrogens is 2. The second-order valence-electron chi connectivity index (χ2n) is 4.68. The largest absolute Gasteiger partial charge is 0.326 e. The second-order valence-corrected chi connectivity index (χ2v) is 6.36. The summed E-state index contributed by atoms with van der Waals surface area (Å²) in [6, 6.07) is 4.75. The Morgan fingerprint density at radius 2 is 2.20 bits per heavy atom. The molecule has 6 nitrogen and oxygen atoms in total. The van der Waals surface area contributed by atoms with Gasteiger partial charge in [0, 0.05) is 24.3 Å². The molecule has 0 aliphatic heterocycles. The molecule has 4 N–H and O–H groups in total. The third-order valence-electron chi connectivity index (χ3n) is 3.12. The Hall–Kier alpha value is -1.70. The van der Waals surface area contributed by atoms with Gasteiger partial charge in [-0.3, -0.25) is 5.10 Å². The molecule has 0 aliphatic carbocycles. The molecule has 1 heterocycles. The van der Waals surface area contributed by atoms with Crippen molar-refractivity contribution in [2.45, 2.75) is 31.3 Å². The SMILES string of the molecule is Cc1cc(CN)ccc1S(=O)(=O)NC(C)c1cn[nH]c1. The molecular formula is C13H18N4O2S. The van der Waals surface area contributed by atoms with Gasteiger partial charge in [-0.15, -0.1) is 0 Å². The van der Waals surface area contributed by atoms with Gasteiger partial charge in [0.15, 0.2) is 0 Å². The van der Waals surface area contributed by atoms with E-state index in [0.29, 0.717) is 12.1 Å². The summed E-state index contributed by atoms with van der Waals surface area (Å²) in [4.78, 5) is 0.269. The number of hydrogen-bond donors (Lipinski definition) is 3. The van der Waals surface area contributed by atoms with E-state index in [4.69, 9.17) is 5.73 Å². The summed E-state index contributed by atoms with van der Waals surface area (Å²) in [7, 11) is -3.57. The molecule has 1 atom stereocenters. The fraction of sp³-hybridized carbons (Fsp3) is 0.308. The predicted octanol–water partition coefficient (Wildman–Crippen LogP) is 1.22. The molecule has 2 aromatic rings. The van der Waals surface area contributed by atoms with Gasteiger partial charge in [-0.2, -0.15) is 5.10 Å². The molecule has 0 spiro atoms. The lowest BCUT2D eigenvalue weighted by atomic mass is 10.1. The van der Waals surface area contributed by atoms with Crippen LogP contribution in [0.2, 0.25) is 0 Å². The Labute approximate surface area is 118 Å². The van der Waals surface area contributed by atoms with E-state index in [1.165, 1.54) is 0 Å². The van der Waals surface area contributed by atoms with Gasteiger partial charge in [-0.25, -0.2) is 13.1 Å². The third kappa shape index (κ3) is 3.06. The summed E-state index contributed by atoms with van der Waals surface area (Å²) in [5.41, 5.74) is 7.92. The zero-order chi connectivity index (χ0) is 14.8. The number of nitrogens with two attached hydrogens (primary N) is 1. The van der Waals surface area contributed by atoms with Crippen molar-refractivity contribution in [1.29, 1.82) is 0 Å². The highest BCUT2D eigenvalue weighted by atomic mass is 32.2. The molecule has 0 amide bonds. The van der Waals surface area contributed by atoms with Crippen LogP contribution in [-0.4, -0.2) is 18.6 Å². The van der Waals surface area contributed by atoms with Crippen molar-refractivity contribution in [1.82, 2.24) is 14.9 Å². The summed E-state index contributed by atoms with van der Waals surface area (Å²) in [5.74, 6) is 0. The molecule has 0 saturated carbocycles. The summed E-state index contributed by atoms with van der Waals surface area (Å²) >= 11 is 0. The highest BCUT2D eigenvalue weighted by Gasteiger charge is 2.20. The smallest absolute Gasteiger partial charge is 0.241 e. The Morgan fingerprint density at radius 1 is 1.45 bits per heavy atom. The minimum Gasteiger partial charge on any atom is -0.326 e. The second kappa shape index (κ2) is 5.74. The summed E-state index contributed by atoms with van der Waals surface area (Å²) in [6.45, 7) is 3.92. The Morgan fingerprint density at radius 3 is 2.75 bits per heavy atom. The molecule has 0 saturated heterocycles. The zero-order valence-electron chi connectivity index (χ0n) is 11.4. The zero-order valence-corrected chi connectivity index (χ0v) is 12.2. The Balaban J connectivity index is 2.27. The van der Waals surface area contributed by atoms with E-state index in [1.54, 1.807) is 44.4 Å². The van der Waals surface area contributed by atoms with Crippen LogP contribution in [0.25, 0.3) is 0 Å². The molecule has 1 unspecified atom stereocenters. The van der Waals surface area contributed by atoms with Crippen molar-refractivity contribution >= 4 is 10.0 Å². The molecule has 2 rings (SSSR count). The van der Waals surface area contributed by atoms with Crippen LogP contribution in [0.1, 0.15) is 29.7 Å². The van der Waals surface area contributed by atoms with E-state index in [1.807, 2.05) is 0 Å². The first-order valence-corrected chi connectivity index (χ1v) is 7.73. The summed E-state index contributed by atoms with van der Waals surface area (Å²) in [5, 5.41) is 6.48. The number of hydrogen-bond acceptors (Lipinski definition) is 4. The topological polar surface area (TPSA) is 101 Å². The van der Waals surface area contributed by atoms with Crippen LogP contribution in [0.5, 0.6) is 0 Å². The van der Waals surface area contributed by atoms with Crippen LogP contribution in [0.15, 0.2) is 35.5 Å². The standard InChI is InChI=1S/C13H18N4O2S/c1-9-5-11(6-14)3-4-13(9)20(18,19)17-10(2)12-7-15-16-8-12/h3-5,7-8,10,17H,6,14H2,1-2H3,(H,15,16). The molecular weight excluding hydrogens is 276 g/mol. The molecule has 0 radical (unpaired) electrons. The molecule has 20 heavy (non-hydrogen) atoms. The molecule has 0 fully saturated rings. The minimum absolute atomic E-state index is 0.269. The monoisotopic (exact) mass is 294 g/mol. The van der Waals surface area contributed by atoms with E-state index in [0.717, 1.165) is 11.1 Å². The first-order chi connectivity index (χ1) is 9.44. The average Bonchev–Trinajstić information content (AvgIpc) is 2.91. The lowest BCUT2D eigenvalue weighted by molar-refractivity contribution is 0.566. The van der Waals surface area contributed by atoms with Gasteiger partial charge in [0.2, 0.25) is 10.0 Å². The normalized spacial score (nSPS) is 13.3.